The monoisotopic (exact) mass is 355 g/mol. The second-order valence-corrected chi connectivity index (χ2v) is 6.58. The highest BCUT2D eigenvalue weighted by molar-refractivity contribution is 7.99. The van der Waals surface area contributed by atoms with Gasteiger partial charge < -0.3 is 4.57 Å². The Labute approximate surface area is 150 Å². The van der Waals surface area contributed by atoms with Crippen LogP contribution in [0.3, 0.4) is 0 Å². The standard InChI is InChI=1S/C19H18FN3OS/c1-3-13-4-6-14(7-5-13)17(24)12-25-19-22-21-18(23(19)2)15-8-10-16(20)11-9-15/h4-11H,3,12H2,1-2H3. The predicted octanol–water partition coefficient (Wildman–Crippen LogP) is 4.16. The largest absolute Gasteiger partial charge is 0.305 e. The van der Waals surface area contributed by atoms with Crippen LogP contribution < -0.4 is 0 Å². The average Bonchev–Trinajstić information content (AvgIpc) is 3.01. The van der Waals surface area contributed by atoms with Gasteiger partial charge in [-0.25, -0.2) is 4.39 Å². The molecule has 0 radical (unpaired) electrons. The lowest BCUT2D eigenvalue weighted by Crippen LogP contribution is -2.04. The Morgan fingerprint density at radius 1 is 1.08 bits per heavy atom. The Balaban J connectivity index is 1.69. The van der Waals surface area contributed by atoms with Crippen molar-refractivity contribution in [3.8, 4) is 11.4 Å². The Morgan fingerprint density at radius 3 is 2.40 bits per heavy atom. The van der Waals surface area contributed by atoms with Crippen molar-refractivity contribution in [3.63, 3.8) is 0 Å². The molecule has 0 fully saturated rings. The maximum atomic E-state index is 13.0. The summed E-state index contributed by atoms with van der Waals surface area (Å²) in [4.78, 5) is 12.3. The number of aromatic nitrogens is 3. The molecular weight excluding hydrogens is 337 g/mol. The summed E-state index contributed by atoms with van der Waals surface area (Å²) >= 11 is 1.34. The number of aryl methyl sites for hydroxylation is 1. The van der Waals surface area contributed by atoms with Crippen molar-refractivity contribution in [3.05, 3.63) is 65.5 Å². The SMILES string of the molecule is CCc1ccc(C(=O)CSc2nnc(-c3ccc(F)cc3)n2C)cc1. The fraction of sp³-hybridized carbons (Fsp3) is 0.211. The first-order chi connectivity index (χ1) is 12.1. The molecule has 0 unspecified atom stereocenters. The molecule has 0 aliphatic rings. The van der Waals surface area contributed by atoms with Gasteiger partial charge in [-0.3, -0.25) is 4.79 Å². The van der Waals surface area contributed by atoms with Gasteiger partial charge >= 0.3 is 0 Å². The van der Waals surface area contributed by atoms with Crippen LogP contribution in [0.5, 0.6) is 0 Å². The molecule has 0 amide bonds. The minimum atomic E-state index is -0.291. The zero-order valence-electron chi connectivity index (χ0n) is 14.1. The molecule has 0 saturated carbocycles. The normalized spacial score (nSPS) is 10.8. The number of hydrogen-bond acceptors (Lipinski definition) is 4. The van der Waals surface area contributed by atoms with Crippen molar-refractivity contribution in [2.24, 2.45) is 7.05 Å². The lowest BCUT2D eigenvalue weighted by Gasteiger charge is -2.04. The fourth-order valence-corrected chi connectivity index (χ4v) is 3.24. The average molecular weight is 355 g/mol. The van der Waals surface area contributed by atoms with E-state index in [1.54, 1.807) is 12.1 Å². The highest BCUT2D eigenvalue weighted by Crippen LogP contribution is 2.23. The molecule has 128 valence electrons. The molecule has 25 heavy (non-hydrogen) atoms. The third kappa shape index (κ3) is 3.96. The third-order valence-corrected chi connectivity index (χ3v) is 4.97. The van der Waals surface area contributed by atoms with Gasteiger partial charge in [-0.2, -0.15) is 0 Å². The Kier molecular flexibility index (Phi) is 5.28. The van der Waals surface area contributed by atoms with Crippen LogP contribution in [0, 0.1) is 5.82 Å². The van der Waals surface area contributed by atoms with E-state index in [-0.39, 0.29) is 11.6 Å². The number of Topliss-reactive ketones (excluding diaryl/α,β-unsaturated/α-hetero) is 1. The van der Waals surface area contributed by atoms with E-state index >= 15 is 0 Å². The highest BCUT2D eigenvalue weighted by Gasteiger charge is 2.14. The molecule has 6 heteroatoms. The fourth-order valence-electron chi connectivity index (χ4n) is 2.43. The molecule has 0 spiro atoms. The Bertz CT molecular complexity index is 873. The zero-order valence-corrected chi connectivity index (χ0v) is 14.9. The van der Waals surface area contributed by atoms with Crippen LogP contribution in [0.4, 0.5) is 4.39 Å². The number of benzene rings is 2. The Hall–Kier alpha value is -2.47. The third-order valence-electron chi connectivity index (χ3n) is 3.95. The van der Waals surface area contributed by atoms with E-state index in [9.17, 15) is 9.18 Å². The van der Waals surface area contributed by atoms with Crippen LogP contribution in [0.25, 0.3) is 11.4 Å². The summed E-state index contributed by atoms with van der Waals surface area (Å²) in [6.07, 6.45) is 0.953. The molecule has 0 saturated heterocycles. The minimum absolute atomic E-state index is 0.0546. The number of rotatable bonds is 6. The molecule has 1 aromatic heterocycles. The lowest BCUT2D eigenvalue weighted by atomic mass is 10.1. The molecule has 0 bridgehead atoms. The number of ketones is 1. The molecule has 0 aliphatic carbocycles. The lowest BCUT2D eigenvalue weighted by molar-refractivity contribution is 0.102. The molecule has 1 heterocycles. The van der Waals surface area contributed by atoms with Crippen molar-refractivity contribution in [2.45, 2.75) is 18.5 Å². The van der Waals surface area contributed by atoms with Crippen LogP contribution in [0.2, 0.25) is 0 Å². The second-order valence-electron chi connectivity index (χ2n) is 5.63. The van der Waals surface area contributed by atoms with Gasteiger partial charge in [0.1, 0.15) is 5.82 Å². The summed E-state index contributed by atoms with van der Waals surface area (Å²) in [6.45, 7) is 2.08. The number of carbonyl (C=O) groups is 1. The van der Waals surface area contributed by atoms with E-state index in [4.69, 9.17) is 0 Å². The van der Waals surface area contributed by atoms with E-state index in [1.165, 1.54) is 29.5 Å². The van der Waals surface area contributed by atoms with Crippen molar-refractivity contribution in [1.82, 2.24) is 14.8 Å². The van der Waals surface area contributed by atoms with Crippen LogP contribution in [-0.4, -0.2) is 26.3 Å². The molecule has 2 aromatic carbocycles. The van der Waals surface area contributed by atoms with Gasteiger partial charge in [0.25, 0.3) is 0 Å². The molecular formula is C19H18FN3OS. The number of carbonyl (C=O) groups excluding carboxylic acids is 1. The van der Waals surface area contributed by atoms with Gasteiger partial charge in [0.15, 0.2) is 16.8 Å². The van der Waals surface area contributed by atoms with Gasteiger partial charge in [0.2, 0.25) is 0 Å². The molecule has 0 aliphatic heterocycles. The van der Waals surface area contributed by atoms with Gasteiger partial charge in [-0.15, -0.1) is 10.2 Å². The summed E-state index contributed by atoms with van der Waals surface area (Å²) in [5.74, 6) is 0.697. The van der Waals surface area contributed by atoms with E-state index < -0.39 is 0 Å². The van der Waals surface area contributed by atoms with Gasteiger partial charge in [0.05, 0.1) is 5.75 Å². The zero-order chi connectivity index (χ0) is 17.8. The number of thioether (sulfide) groups is 1. The van der Waals surface area contributed by atoms with Crippen LogP contribution in [0.1, 0.15) is 22.8 Å². The highest BCUT2D eigenvalue weighted by atomic mass is 32.2. The molecule has 0 atom stereocenters. The van der Waals surface area contributed by atoms with Crippen LogP contribution in [-0.2, 0) is 13.5 Å². The van der Waals surface area contributed by atoms with Gasteiger partial charge in [-0.05, 0) is 36.2 Å². The van der Waals surface area contributed by atoms with Crippen molar-refractivity contribution < 1.29 is 9.18 Å². The molecule has 0 N–H and O–H groups in total. The number of hydrogen-bond donors (Lipinski definition) is 0. The van der Waals surface area contributed by atoms with Crippen LogP contribution in [0.15, 0.2) is 53.7 Å². The van der Waals surface area contributed by atoms with E-state index in [0.717, 1.165) is 12.0 Å². The first-order valence-corrected chi connectivity index (χ1v) is 8.97. The first-order valence-electron chi connectivity index (χ1n) is 7.98. The molecule has 3 aromatic rings. The van der Waals surface area contributed by atoms with E-state index in [0.29, 0.717) is 22.3 Å². The molecule has 3 rings (SSSR count). The smallest absolute Gasteiger partial charge is 0.191 e. The summed E-state index contributed by atoms with van der Waals surface area (Å²) in [6, 6.07) is 13.8. The topological polar surface area (TPSA) is 47.8 Å². The Morgan fingerprint density at radius 2 is 1.76 bits per heavy atom. The molecule has 4 nitrogen and oxygen atoms in total. The summed E-state index contributed by atoms with van der Waals surface area (Å²) in [5, 5.41) is 8.94. The van der Waals surface area contributed by atoms with E-state index in [2.05, 4.69) is 17.1 Å². The maximum absolute atomic E-state index is 13.0. The van der Waals surface area contributed by atoms with Crippen molar-refractivity contribution in [2.75, 3.05) is 5.75 Å². The van der Waals surface area contributed by atoms with Gasteiger partial charge in [0, 0.05) is 18.2 Å². The summed E-state index contributed by atoms with van der Waals surface area (Å²) in [5.41, 5.74) is 2.69. The second kappa shape index (κ2) is 7.61. The minimum Gasteiger partial charge on any atom is -0.305 e. The van der Waals surface area contributed by atoms with E-state index in [1.807, 2.05) is 35.9 Å². The predicted molar refractivity (Wildman–Crippen MR) is 97.3 cm³/mol. The maximum Gasteiger partial charge on any atom is 0.191 e. The van der Waals surface area contributed by atoms with Crippen molar-refractivity contribution >= 4 is 17.5 Å². The first kappa shape index (κ1) is 17.4. The van der Waals surface area contributed by atoms with Crippen LogP contribution >= 0.6 is 11.8 Å². The number of nitrogens with zero attached hydrogens (tertiary/aromatic N) is 3. The summed E-state index contributed by atoms with van der Waals surface area (Å²) in [7, 11) is 1.83. The van der Waals surface area contributed by atoms with Gasteiger partial charge in [-0.1, -0.05) is 43.0 Å². The number of halogens is 1. The summed E-state index contributed by atoms with van der Waals surface area (Å²) < 4.78 is 14.9. The quantitative estimate of drug-likeness (QED) is 0.492. The van der Waals surface area contributed by atoms with Crippen molar-refractivity contribution in [1.29, 1.82) is 0 Å².